The highest BCUT2D eigenvalue weighted by atomic mass is 32.2. The van der Waals surface area contributed by atoms with E-state index < -0.39 is 59.3 Å². The standard InChI is InChI=1S/C19H18F4N4O6S/c20-10-1-4-13(5-2-10)34(31,32)27-9-12(8-25-17(28)16(24)19(21,22)23)33-15-6-3-11(7-14(15)27)26-18(29)30/h1-7,12,16,26H,8-9,24H2,(H,25,28)(H,29,30)/t12-,16?/m0/s1. The highest BCUT2D eigenvalue weighted by Crippen LogP contribution is 2.39. The number of sulfonamides is 1. The summed E-state index contributed by atoms with van der Waals surface area (Å²) in [5.74, 6) is -2.26. The Kier molecular flexibility index (Phi) is 6.88. The highest BCUT2D eigenvalue weighted by Gasteiger charge is 2.42. The van der Waals surface area contributed by atoms with Crippen molar-refractivity contribution >= 4 is 33.4 Å². The van der Waals surface area contributed by atoms with Crippen LogP contribution in [0.3, 0.4) is 0 Å². The van der Waals surface area contributed by atoms with E-state index in [1.54, 1.807) is 0 Å². The summed E-state index contributed by atoms with van der Waals surface area (Å²) in [4.78, 5) is 22.4. The molecule has 184 valence electrons. The van der Waals surface area contributed by atoms with Crippen molar-refractivity contribution in [2.75, 3.05) is 22.7 Å². The van der Waals surface area contributed by atoms with Crippen molar-refractivity contribution in [1.82, 2.24) is 5.32 Å². The number of benzene rings is 2. The Morgan fingerprint density at radius 3 is 2.44 bits per heavy atom. The van der Waals surface area contributed by atoms with E-state index in [2.05, 4.69) is 5.32 Å². The van der Waals surface area contributed by atoms with Crippen molar-refractivity contribution in [2.24, 2.45) is 5.73 Å². The predicted octanol–water partition coefficient (Wildman–Crippen LogP) is 1.88. The molecule has 2 atom stereocenters. The van der Waals surface area contributed by atoms with E-state index >= 15 is 0 Å². The average Bonchev–Trinajstić information content (AvgIpc) is 2.75. The van der Waals surface area contributed by atoms with Gasteiger partial charge in [-0.25, -0.2) is 17.6 Å². The van der Waals surface area contributed by atoms with Crippen molar-refractivity contribution in [3.05, 3.63) is 48.3 Å². The monoisotopic (exact) mass is 506 g/mol. The van der Waals surface area contributed by atoms with Gasteiger partial charge in [0, 0.05) is 5.69 Å². The van der Waals surface area contributed by atoms with E-state index in [4.69, 9.17) is 15.6 Å². The number of hydrogen-bond donors (Lipinski definition) is 4. The van der Waals surface area contributed by atoms with Gasteiger partial charge in [-0.2, -0.15) is 13.2 Å². The van der Waals surface area contributed by atoms with Crippen LogP contribution in [-0.2, 0) is 14.8 Å². The molecule has 34 heavy (non-hydrogen) atoms. The number of carboxylic acid groups (broad SMARTS) is 1. The maximum Gasteiger partial charge on any atom is 0.412 e. The summed E-state index contributed by atoms with van der Waals surface area (Å²) >= 11 is 0. The largest absolute Gasteiger partial charge is 0.484 e. The summed E-state index contributed by atoms with van der Waals surface area (Å²) in [6.07, 6.45) is -7.52. The van der Waals surface area contributed by atoms with Gasteiger partial charge in [0.05, 0.1) is 23.7 Å². The fraction of sp³-hybridized carbons (Fsp3) is 0.263. The lowest BCUT2D eigenvalue weighted by Crippen LogP contribution is -2.54. The number of carbonyl (C=O) groups is 2. The minimum atomic E-state index is -4.98. The molecule has 2 aromatic carbocycles. The quantitative estimate of drug-likeness (QED) is 0.437. The molecule has 1 aliphatic heterocycles. The maximum atomic E-state index is 13.3. The van der Waals surface area contributed by atoms with Crippen LogP contribution in [0.25, 0.3) is 0 Å². The number of nitrogens with zero attached hydrogens (tertiary/aromatic N) is 1. The van der Waals surface area contributed by atoms with Gasteiger partial charge in [-0.15, -0.1) is 0 Å². The van der Waals surface area contributed by atoms with Crippen molar-refractivity contribution in [2.45, 2.75) is 23.2 Å². The van der Waals surface area contributed by atoms with Crippen LogP contribution in [-0.4, -0.2) is 56.9 Å². The molecule has 0 aliphatic carbocycles. The van der Waals surface area contributed by atoms with Gasteiger partial charge in [0.25, 0.3) is 10.0 Å². The molecule has 0 saturated heterocycles. The van der Waals surface area contributed by atoms with Crippen LogP contribution < -0.4 is 25.4 Å². The first-order chi connectivity index (χ1) is 15.8. The molecule has 0 bridgehead atoms. The molecule has 0 aromatic heterocycles. The Hall–Kier alpha value is -3.59. The molecule has 1 unspecified atom stereocenters. The van der Waals surface area contributed by atoms with Gasteiger partial charge < -0.3 is 20.9 Å². The zero-order valence-corrected chi connectivity index (χ0v) is 17.9. The Morgan fingerprint density at radius 2 is 1.85 bits per heavy atom. The number of rotatable bonds is 6. The lowest BCUT2D eigenvalue weighted by Gasteiger charge is -2.36. The molecular weight excluding hydrogens is 488 g/mol. The molecule has 10 nitrogen and oxygen atoms in total. The molecule has 0 fully saturated rings. The summed E-state index contributed by atoms with van der Waals surface area (Å²) in [6, 6.07) is 4.79. The van der Waals surface area contributed by atoms with Crippen LogP contribution in [0.5, 0.6) is 5.75 Å². The number of ether oxygens (including phenoxy) is 1. The second-order valence-electron chi connectivity index (χ2n) is 7.11. The minimum absolute atomic E-state index is 0.0112. The first-order valence-corrected chi connectivity index (χ1v) is 10.9. The van der Waals surface area contributed by atoms with Crippen molar-refractivity contribution in [3.8, 4) is 5.75 Å². The normalized spacial score (nSPS) is 16.7. The number of nitrogens with one attached hydrogen (secondary N) is 2. The van der Waals surface area contributed by atoms with Crippen LogP contribution in [0, 0.1) is 5.82 Å². The van der Waals surface area contributed by atoms with Gasteiger partial charge in [-0.3, -0.25) is 14.4 Å². The fourth-order valence-corrected chi connectivity index (χ4v) is 4.55. The van der Waals surface area contributed by atoms with Crippen LogP contribution in [0.2, 0.25) is 0 Å². The van der Waals surface area contributed by atoms with Gasteiger partial charge in [0.15, 0.2) is 6.04 Å². The summed E-state index contributed by atoms with van der Waals surface area (Å²) in [7, 11) is -4.35. The maximum absolute atomic E-state index is 13.3. The number of halogens is 4. The zero-order valence-electron chi connectivity index (χ0n) is 17.0. The van der Waals surface area contributed by atoms with Crippen LogP contribution >= 0.6 is 0 Å². The molecule has 0 radical (unpaired) electrons. The number of amides is 2. The Bertz CT molecular complexity index is 1190. The highest BCUT2D eigenvalue weighted by molar-refractivity contribution is 7.92. The van der Waals surface area contributed by atoms with Crippen LogP contribution in [0.15, 0.2) is 47.4 Å². The third-order valence-electron chi connectivity index (χ3n) is 4.68. The molecular formula is C19H18F4N4O6S. The van der Waals surface area contributed by atoms with Crippen molar-refractivity contribution in [3.63, 3.8) is 0 Å². The molecule has 2 aromatic rings. The van der Waals surface area contributed by atoms with Crippen LogP contribution in [0.1, 0.15) is 0 Å². The van der Waals surface area contributed by atoms with E-state index in [9.17, 15) is 35.6 Å². The second kappa shape index (κ2) is 9.34. The van der Waals surface area contributed by atoms with Gasteiger partial charge >= 0.3 is 12.3 Å². The average molecular weight is 506 g/mol. The lowest BCUT2D eigenvalue weighted by atomic mass is 10.2. The predicted molar refractivity (Wildman–Crippen MR) is 110 cm³/mol. The molecule has 2 amide bonds. The minimum Gasteiger partial charge on any atom is -0.484 e. The number of carbonyl (C=O) groups excluding carboxylic acids is 1. The van der Waals surface area contributed by atoms with Gasteiger partial charge in [0.1, 0.15) is 17.7 Å². The first-order valence-electron chi connectivity index (χ1n) is 9.48. The molecule has 1 heterocycles. The summed E-state index contributed by atoms with van der Waals surface area (Å²) in [5, 5.41) is 13.0. The molecule has 1 aliphatic rings. The molecule has 0 spiro atoms. The van der Waals surface area contributed by atoms with Gasteiger partial charge in [-0.1, -0.05) is 0 Å². The smallest absolute Gasteiger partial charge is 0.412 e. The van der Waals surface area contributed by atoms with Crippen LogP contribution in [0.4, 0.5) is 33.7 Å². The third kappa shape index (κ3) is 5.48. The van der Waals surface area contributed by atoms with Crippen molar-refractivity contribution in [1.29, 1.82) is 0 Å². The summed E-state index contributed by atoms with van der Waals surface area (Å²) in [6.45, 7) is -0.989. The summed E-state index contributed by atoms with van der Waals surface area (Å²) in [5.41, 5.74) is 4.79. The molecule has 15 heteroatoms. The number of nitrogens with two attached hydrogens (primary N) is 1. The third-order valence-corrected chi connectivity index (χ3v) is 6.48. The second-order valence-corrected chi connectivity index (χ2v) is 8.97. The van der Waals surface area contributed by atoms with E-state index in [0.29, 0.717) is 0 Å². The Balaban J connectivity index is 1.93. The number of hydrogen-bond acceptors (Lipinski definition) is 6. The molecule has 3 rings (SSSR count). The molecule has 0 saturated carbocycles. The first kappa shape index (κ1) is 25.0. The fourth-order valence-electron chi connectivity index (χ4n) is 3.05. The topological polar surface area (TPSA) is 151 Å². The van der Waals surface area contributed by atoms with E-state index in [1.807, 2.05) is 5.32 Å². The zero-order chi connectivity index (χ0) is 25.3. The number of fused-ring (bicyclic) bond motifs is 1. The van der Waals surface area contributed by atoms with E-state index in [1.165, 1.54) is 18.2 Å². The van der Waals surface area contributed by atoms with Gasteiger partial charge in [0.2, 0.25) is 5.91 Å². The molecule has 5 N–H and O–H groups in total. The van der Waals surface area contributed by atoms with Crippen molar-refractivity contribution < 1.29 is 45.4 Å². The van der Waals surface area contributed by atoms with E-state index in [-0.39, 0.29) is 22.0 Å². The van der Waals surface area contributed by atoms with E-state index in [0.717, 1.165) is 28.6 Å². The number of alkyl halides is 3. The lowest BCUT2D eigenvalue weighted by molar-refractivity contribution is -0.163. The Morgan fingerprint density at radius 1 is 1.21 bits per heavy atom. The Labute approximate surface area is 190 Å². The van der Waals surface area contributed by atoms with Gasteiger partial charge in [-0.05, 0) is 42.5 Å². The number of anilines is 2. The summed E-state index contributed by atoms with van der Waals surface area (Å²) < 4.78 is 84.2. The SMILES string of the molecule is NC(C(=O)NC[C@H]1CN(S(=O)(=O)c2ccc(F)cc2)c2cc(NC(=O)O)ccc2O1)C(F)(F)F.